The Kier molecular flexibility index (Phi) is 5.07. The van der Waals surface area contributed by atoms with Gasteiger partial charge in [0.1, 0.15) is 0 Å². The number of nitrogens with two attached hydrogens (primary N) is 1. The first kappa shape index (κ1) is 13.7. The summed E-state index contributed by atoms with van der Waals surface area (Å²) < 4.78 is 5.63. The van der Waals surface area contributed by atoms with Gasteiger partial charge in [0, 0.05) is 5.69 Å². The quantitative estimate of drug-likeness (QED) is 0.560. The molecular formula is C15H23N3O. The lowest BCUT2D eigenvalue weighted by molar-refractivity contribution is 0.285. The molecule has 4 nitrogen and oxygen atoms in total. The lowest BCUT2D eigenvalue weighted by Crippen LogP contribution is -1.98. The van der Waals surface area contributed by atoms with Crippen LogP contribution in [0.25, 0.3) is 11.0 Å². The summed E-state index contributed by atoms with van der Waals surface area (Å²) in [5, 5.41) is 0. The largest absolute Gasteiger partial charge is 0.465 e. The first-order valence-electron chi connectivity index (χ1n) is 7.17. The number of ether oxygens (including phenoxy) is 1. The minimum Gasteiger partial charge on any atom is -0.465 e. The maximum atomic E-state index is 5.72. The minimum atomic E-state index is 0.592. The van der Waals surface area contributed by atoms with E-state index in [4.69, 9.17) is 10.5 Å². The Morgan fingerprint density at radius 1 is 1.16 bits per heavy atom. The minimum absolute atomic E-state index is 0.592. The van der Waals surface area contributed by atoms with Crippen molar-refractivity contribution < 1.29 is 4.74 Å². The van der Waals surface area contributed by atoms with Crippen LogP contribution in [-0.2, 0) is 0 Å². The van der Waals surface area contributed by atoms with Crippen molar-refractivity contribution in [3.8, 4) is 6.01 Å². The molecule has 0 fully saturated rings. The molecule has 0 aliphatic heterocycles. The fraction of sp³-hybridized carbons (Fsp3) is 0.533. The molecule has 0 atom stereocenters. The first-order valence-corrected chi connectivity index (χ1v) is 7.17. The molecule has 1 aromatic carbocycles. The van der Waals surface area contributed by atoms with Crippen molar-refractivity contribution >= 4 is 16.7 Å². The number of anilines is 1. The van der Waals surface area contributed by atoms with E-state index in [1.165, 1.54) is 32.1 Å². The molecule has 0 aliphatic carbocycles. The summed E-state index contributed by atoms with van der Waals surface area (Å²) in [5.41, 5.74) is 8.28. The zero-order valence-electron chi connectivity index (χ0n) is 11.6. The topological polar surface area (TPSA) is 63.9 Å². The molecule has 104 valence electrons. The Balaban J connectivity index is 1.72. The van der Waals surface area contributed by atoms with Crippen LogP contribution in [-0.4, -0.2) is 16.6 Å². The van der Waals surface area contributed by atoms with Gasteiger partial charge in [0.15, 0.2) is 0 Å². The number of aromatic amines is 1. The molecule has 4 heteroatoms. The van der Waals surface area contributed by atoms with Crippen LogP contribution in [0.5, 0.6) is 6.01 Å². The standard InChI is InChI=1S/C15H23N3O/c1-2-3-4-5-6-7-10-19-15-17-13-9-8-12(16)11-14(13)18-15/h8-9,11H,2-7,10,16H2,1H3,(H,17,18). The Bertz CT molecular complexity index is 507. The van der Waals surface area contributed by atoms with Gasteiger partial charge in [0.05, 0.1) is 17.6 Å². The molecule has 3 N–H and O–H groups in total. The molecule has 19 heavy (non-hydrogen) atoms. The predicted molar refractivity (Wildman–Crippen MR) is 79.4 cm³/mol. The number of imidazole rings is 1. The zero-order valence-corrected chi connectivity index (χ0v) is 11.6. The van der Waals surface area contributed by atoms with Gasteiger partial charge in [-0.05, 0) is 24.6 Å². The number of benzene rings is 1. The maximum absolute atomic E-state index is 5.72. The number of unbranched alkanes of at least 4 members (excludes halogenated alkanes) is 5. The molecule has 0 unspecified atom stereocenters. The molecule has 0 radical (unpaired) electrons. The van der Waals surface area contributed by atoms with Gasteiger partial charge in [-0.1, -0.05) is 39.0 Å². The van der Waals surface area contributed by atoms with Crippen molar-refractivity contribution in [3.63, 3.8) is 0 Å². The Morgan fingerprint density at radius 2 is 1.95 bits per heavy atom. The molecule has 1 heterocycles. The highest BCUT2D eigenvalue weighted by Gasteiger charge is 2.03. The van der Waals surface area contributed by atoms with Crippen molar-refractivity contribution in [2.45, 2.75) is 45.4 Å². The van der Waals surface area contributed by atoms with Gasteiger partial charge in [-0.25, -0.2) is 0 Å². The lowest BCUT2D eigenvalue weighted by atomic mass is 10.1. The molecule has 0 aliphatic rings. The van der Waals surface area contributed by atoms with Gasteiger partial charge in [0.25, 0.3) is 6.01 Å². The van der Waals surface area contributed by atoms with Gasteiger partial charge < -0.3 is 15.5 Å². The zero-order chi connectivity index (χ0) is 13.5. The van der Waals surface area contributed by atoms with Gasteiger partial charge in [-0.2, -0.15) is 4.98 Å². The van der Waals surface area contributed by atoms with E-state index < -0.39 is 0 Å². The molecule has 0 saturated heterocycles. The van der Waals surface area contributed by atoms with E-state index in [1.54, 1.807) is 0 Å². The summed E-state index contributed by atoms with van der Waals surface area (Å²) in [4.78, 5) is 7.50. The fourth-order valence-corrected chi connectivity index (χ4v) is 2.12. The summed E-state index contributed by atoms with van der Waals surface area (Å²) in [5.74, 6) is 0. The summed E-state index contributed by atoms with van der Waals surface area (Å²) in [6.07, 6.45) is 7.58. The van der Waals surface area contributed by atoms with Gasteiger partial charge in [0.2, 0.25) is 0 Å². The first-order chi connectivity index (χ1) is 9.29. The van der Waals surface area contributed by atoms with Crippen molar-refractivity contribution in [1.29, 1.82) is 0 Å². The number of hydrogen-bond acceptors (Lipinski definition) is 3. The van der Waals surface area contributed by atoms with Crippen LogP contribution in [0.3, 0.4) is 0 Å². The molecule has 0 amide bonds. The monoisotopic (exact) mass is 261 g/mol. The Hall–Kier alpha value is -1.71. The smallest absolute Gasteiger partial charge is 0.294 e. The van der Waals surface area contributed by atoms with Crippen LogP contribution in [0.1, 0.15) is 45.4 Å². The summed E-state index contributed by atoms with van der Waals surface area (Å²) in [6, 6.07) is 6.22. The van der Waals surface area contributed by atoms with Crippen molar-refractivity contribution in [2.75, 3.05) is 12.3 Å². The second-order valence-corrected chi connectivity index (χ2v) is 4.93. The Labute approximate surface area is 114 Å². The normalized spacial score (nSPS) is 11.0. The highest BCUT2D eigenvalue weighted by Crippen LogP contribution is 2.18. The van der Waals surface area contributed by atoms with Crippen LogP contribution in [0.4, 0.5) is 5.69 Å². The fourth-order valence-electron chi connectivity index (χ4n) is 2.12. The Morgan fingerprint density at radius 3 is 2.79 bits per heavy atom. The molecule has 1 aromatic heterocycles. The number of rotatable bonds is 8. The van der Waals surface area contributed by atoms with Crippen LogP contribution in [0, 0.1) is 0 Å². The highest BCUT2D eigenvalue weighted by molar-refractivity contribution is 5.79. The number of hydrogen-bond donors (Lipinski definition) is 2. The molecule has 0 bridgehead atoms. The van der Waals surface area contributed by atoms with E-state index in [-0.39, 0.29) is 0 Å². The van der Waals surface area contributed by atoms with E-state index in [1.807, 2.05) is 18.2 Å². The number of H-pyrrole nitrogens is 1. The average molecular weight is 261 g/mol. The number of nitrogen functional groups attached to an aromatic ring is 1. The number of nitrogens with one attached hydrogen (secondary N) is 1. The van der Waals surface area contributed by atoms with Gasteiger partial charge >= 0.3 is 0 Å². The molecular weight excluding hydrogens is 238 g/mol. The maximum Gasteiger partial charge on any atom is 0.294 e. The summed E-state index contributed by atoms with van der Waals surface area (Å²) >= 11 is 0. The highest BCUT2D eigenvalue weighted by atomic mass is 16.5. The van der Waals surface area contributed by atoms with E-state index in [0.717, 1.165) is 29.7 Å². The van der Waals surface area contributed by atoms with Crippen LogP contribution >= 0.6 is 0 Å². The SMILES string of the molecule is CCCCCCCCOc1nc2ccc(N)cc2[nH]1. The van der Waals surface area contributed by atoms with Crippen LogP contribution in [0.15, 0.2) is 18.2 Å². The number of nitrogens with zero attached hydrogens (tertiary/aromatic N) is 1. The van der Waals surface area contributed by atoms with Crippen molar-refractivity contribution in [3.05, 3.63) is 18.2 Å². The molecule has 0 spiro atoms. The van der Waals surface area contributed by atoms with Gasteiger partial charge in [-0.15, -0.1) is 0 Å². The molecule has 2 rings (SSSR count). The van der Waals surface area contributed by atoms with Crippen molar-refractivity contribution in [1.82, 2.24) is 9.97 Å². The predicted octanol–water partition coefficient (Wildman–Crippen LogP) is 3.88. The number of fused-ring (bicyclic) bond motifs is 1. The van der Waals surface area contributed by atoms with E-state index in [9.17, 15) is 0 Å². The molecule has 2 aromatic rings. The van der Waals surface area contributed by atoms with E-state index in [2.05, 4.69) is 16.9 Å². The van der Waals surface area contributed by atoms with Crippen LogP contribution in [0.2, 0.25) is 0 Å². The number of aromatic nitrogens is 2. The third-order valence-electron chi connectivity index (χ3n) is 3.22. The van der Waals surface area contributed by atoms with Crippen molar-refractivity contribution in [2.24, 2.45) is 0 Å². The van der Waals surface area contributed by atoms with Gasteiger partial charge in [-0.3, -0.25) is 0 Å². The van der Waals surface area contributed by atoms with Crippen LogP contribution < -0.4 is 10.5 Å². The average Bonchev–Trinajstić information content (AvgIpc) is 2.79. The molecule has 0 saturated carbocycles. The third kappa shape index (κ3) is 4.16. The third-order valence-corrected chi connectivity index (χ3v) is 3.22. The summed E-state index contributed by atoms with van der Waals surface area (Å²) in [7, 11) is 0. The second kappa shape index (κ2) is 7.02. The lowest BCUT2D eigenvalue weighted by Gasteiger charge is -2.02. The second-order valence-electron chi connectivity index (χ2n) is 4.93. The summed E-state index contributed by atoms with van der Waals surface area (Å²) in [6.45, 7) is 2.96. The van der Waals surface area contributed by atoms with E-state index in [0.29, 0.717) is 6.01 Å². The van der Waals surface area contributed by atoms with E-state index >= 15 is 0 Å².